The van der Waals surface area contributed by atoms with Gasteiger partial charge < -0.3 is 14.5 Å². The molecule has 2 heterocycles. The van der Waals surface area contributed by atoms with Gasteiger partial charge in [0.1, 0.15) is 12.4 Å². The number of ether oxygens (including phenoxy) is 1. The predicted octanol–water partition coefficient (Wildman–Crippen LogP) is 1.35. The average molecular weight is 381 g/mol. The fourth-order valence-electron chi connectivity index (χ4n) is 2.74. The van der Waals surface area contributed by atoms with Crippen molar-refractivity contribution in [3.05, 3.63) is 30.3 Å². The van der Waals surface area contributed by atoms with Crippen molar-refractivity contribution in [2.75, 3.05) is 27.2 Å². The topological polar surface area (TPSA) is 65.5 Å². The first-order valence-electron chi connectivity index (χ1n) is 7.23. The van der Waals surface area contributed by atoms with Crippen molar-refractivity contribution in [3.8, 4) is 5.75 Å². The van der Waals surface area contributed by atoms with E-state index in [4.69, 9.17) is 4.74 Å². The van der Waals surface area contributed by atoms with Gasteiger partial charge in [0.15, 0.2) is 17.0 Å². The van der Waals surface area contributed by atoms with E-state index in [0.29, 0.717) is 17.9 Å². The summed E-state index contributed by atoms with van der Waals surface area (Å²) in [6.07, 6.45) is -0.502. The third kappa shape index (κ3) is 2.78. The summed E-state index contributed by atoms with van der Waals surface area (Å²) in [5.74, 6) is 0.520. The summed E-state index contributed by atoms with van der Waals surface area (Å²) < 4.78 is 6.25. The van der Waals surface area contributed by atoms with Crippen LogP contribution in [0.3, 0.4) is 0 Å². The molecule has 2 unspecified atom stereocenters. The third-order valence-corrected chi connectivity index (χ3v) is 4.67. The predicted molar refractivity (Wildman–Crippen MR) is 88.5 cm³/mol. The van der Waals surface area contributed by atoms with Gasteiger partial charge in [-0.25, -0.2) is 9.79 Å². The Hall–Kier alpha value is -2.09. The molecule has 1 aromatic carbocycles. The van der Waals surface area contributed by atoms with Crippen molar-refractivity contribution < 1.29 is 14.3 Å². The van der Waals surface area contributed by atoms with E-state index in [1.165, 1.54) is 11.9 Å². The van der Waals surface area contributed by atoms with Crippen LogP contribution in [0.2, 0.25) is 0 Å². The van der Waals surface area contributed by atoms with Gasteiger partial charge in [-0.05, 0) is 28.1 Å². The highest BCUT2D eigenvalue weighted by atomic mass is 79.9. The Labute approximate surface area is 142 Å². The fourth-order valence-corrected chi connectivity index (χ4v) is 3.35. The first kappa shape index (κ1) is 15.8. The number of rotatable bonds is 4. The van der Waals surface area contributed by atoms with Crippen molar-refractivity contribution in [3.63, 3.8) is 0 Å². The van der Waals surface area contributed by atoms with E-state index < -0.39 is 12.2 Å². The molecule has 1 fully saturated rings. The number of hydrogen-bond acceptors (Lipinski definition) is 5. The molecule has 0 N–H and O–H groups in total. The zero-order chi connectivity index (χ0) is 16.6. The maximum Gasteiger partial charge on any atom is 0.328 e. The molecule has 122 valence electrons. The lowest BCUT2D eigenvalue weighted by Gasteiger charge is -2.39. The molecule has 0 bridgehead atoms. The highest BCUT2D eigenvalue weighted by molar-refractivity contribution is 9.18. The molecular weight excluding hydrogens is 364 g/mol. The van der Waals surface area contributed by atoms with Crippen molar-refractivity contribution in [2.24, 2.45) is 4.99 Å². The summed E-state index contributed by atoms with van der Waals surface area (Å²) >= 11 is 3.39. The number of para-hydroxylation sites is 1. The summed E-state index contributed by atoms with van der Waals surface area (Å²) in [4.78, 5) is 33.3. The zero-order valence-corrected chi connectivity index (χ0v) is 14.4. The van der Waals surface area contributed by atoms with Crippen LogP contribution in [-0.4, -0.2) is 70.8 Å². The molecule has 2 atom stereocenters. The Morgan fingerprint density at radius 1 is 1.22 bits per heavy atom. The molecule has 0 aromatic heterocycles. The number of amidine groups is 1. The van der Waals surface area contributed by atoms with Crippen LogP contribution in [0.25, 0.3) is 0 Å². The van der Waals surface area contributed by atoms with E-state index in [9.17, 15) is 9.59 Å². The summed E-state index contributed by atoms with van der Waals surface area (Å²) in [6, 6.07) is 8.62. The lowest BCUT2D eigenvalue weighted by Crippen LogP contribution is -2.64. The number of halogens is 1. The molecule has 1 aromatic rings. The van der Waals surface area contributed by atoms with E-state index >= 15 is 0 Å². The number of urea groups is 1. The Balaban J connectivity index is 1.69. The molecule has 0 saturated carbocycles. The van der Waals surface area contributed by atoms with Crippen LogP contribution in [0.1, 0.15) is 0 Å². The molecule has 2 aliphatic heterocycles. The van der Waals surface area contributed by atoms with E-state index in [-0.39, 0.29) is 11.9 Å². The second kappa shape index (κ2) is 6.19. The molecule has 3 rings (SSSR count). The normalized spacial score (nSPS) is 24.0. The number of amides is 3. The standard InChI is InChI=1S/C15H17BrN4O3/c1-18-12-11(13(21)19(2)15(18)22)20(14(16)17-12)8-9-23-10-6-4-3-5-7-10/h3-7,11-12H,8-9H2,1-2H3. The van der Waals surface area contributed by atoms with Crippen LogP contribution in [-0.2, 0) is 4.79 Å². The summed E-state index contributed by atoms with van der Waals surface area (Å²) in [5.41, 5.74) is 0. The number of fused-ring (bicyclic) bond motifs is 1. The Morgan fingerprint density at radius 2 is 1.91 bits per heavy atom. The van der Waals surface area contributed by atoms with Gasteiger partial charge in [0.25, 0.3) is 5.91 Å². The molecule has 0 spiro atoms. The lowest BCUT2D eigenvalue weighted by atomic mass is 10.1. The Bertz CT molecular complexity index is 651. The van der Waals surface area contributed by atoms with E-state index in [1.807, 2.05) is 35.2 Å². The molecule has 7 nitrogen and oxygen atoms in total. The minimum atomic E-state index is -0.517. The number of carbonyl (C=O) groups excluding carboxylic acids is 2. The van der Waals surface area contributed by atoms with Crippen LogP contribution >= 0.6 is 15.9 Å². The first-order chi connectivity index (χ1) is 11.0. The number of nitrogens with zero attached hydrogens (tertiary/aromatic N) is 4. The van der Waals surface area contributed by atoms with Crippen LogP contribution in [0.4, 0.5) is 4.79 Å². The van der Waals surface area contributed by atoms with Crippen molar-refractivity contribution >= 4 is 32.6 Å². The van der Waals surface area contributed by atoms with Crippen molar-refractivity contribution in [1.29, 1.82) is 0 Å². The zero-order valence-electron chi connectivity index (χ0n) is 12.8. The van der Waals surface area contributed by atoms with Crippen LogP contribution in [0, 0.1) is 0 Å². The van der Waals surface area contributed by atoms with Crippen molar-refractivity contribution in [2.45, 2.75) is 12.2 Å². The number of aliphatic imine (C=N–C) groups is 1. The van der Waals surface area contributed by atoms with Gasteiger partial charge >= 0.3 is 6.03 Å². The molecule has 2 aliphatic rings. The largest absolute Gasteiger partial charge is 0.492 e. The quantitative estimate of drug-likeness (QED) is 0.739. The molecule has 3 amide bonds. The summed E-state index contributed by atoms with van der Waals surface area (Å²) in [7, 11) is 3.14. The van der Waals surface area contributed by atoms with Gasteiger partial charge in [-0.3, -0.25) is 9.69 Å². The van der Waals surface area contributed by atoms with Gasteiger partial charge in [-0.2, -0.15) is 0 Å². The van der Waals surface area contributed by atoms with Crippen molar-refractivity contribution in [1.82, 2.24) is 14.7 Å². The second-order valence-corrected chi connectivity index (χ2v) is 6.11. The van der Waals surface area contributed by atoms with Gasteiger partial charge in [-0.15, -0.1) is 0 Å². The van der Waals surface area contributed by atoms with Gasteiger partial charge in [0, 0.05) is 14.1 Å². The number of hydrogen-bond donors (Lipinski definition) is 0. The molecule has 8 heteroatoms. The van der Waals surface area contributed by atoms with Gasteiger partial charge in [-0.1, -0.05) is 18.2 Å². The summed E-state index contributed by atoms with van der Waals surface area (Å²) in [6.45, 7) is 0.897. The number of likely N-dealkylation sites (N-methyl/N-ethyl adjacent to an activating group) is 2. The smallest absolute Gasteiger partial charge is 0.328 e. The van der Waals surface area contributed by atoms with Crippen LogP contribution < -0.4 is 4.74 Å². The lowest BCUT2D eigenvalue weighted by molar-refractivity contribution is -0.136. The molecule has 23 heavy (non-hydrogen) atoms. The molecule has 0 radical (unpaired) electrons. The number of imide groups is 1. The average Bonchev–Trinajstić information content (AvgIpc) is 2.89. The van der Waals surface area contributed by atoms with E-state index in [0.717, 1.165) is 10.6 Å². The molecule has 1 saturated heterocycles. The third-order valence-electron chi connectivity index (χ3n) is 4.01. The Kier molecular flexibility index (Phi) is 4.25. The SMILES string of the molecule is CN1C(=O)C2C(N=C(Br)N2CCOc2ccccc2)N(C)C1=O. The first-order valence-corrected chi connectivity index (χ1v) is 8.02. The Morgan fingerprint density at radius 3 is 2.61 bits per heavy atom. The van der Waals surface area contributed by atoms with Crippen LogP contribution in [0.15, 0.2) is 35.3 Å². The van der Waals surface area contributed by atoms with Crippen LogP contribution in [0.5, 0.6) is 5.75 Å². The fraction of sp³-hybridized carbons (Fsp3) is 0.400. The van der Waals surface area contributed by atoms with E-state index in [1.54, 1.807) is 7.05 Å². The summed E-state index contributed by atoms with van der Waals surface area (Å²) in [5, 5.41) is 0. The number of carbonyl (C=O) groups is 2. The van der Waals surface area contributed by atoms with Gasteiger partial charge in [0.05, 0.1) is 6.54 Å². The van der Waals surface area contributed by atoms with Gasteiger partial charge in [0.2, 0.25) is 0 Å². The maximum absolute atomic E-state index is 12.5. The van der Waals surface area contributed by atoms with E-state index in [2.05, 4.69) is 20.9 Å². The molecular formula is C15H17BrN4O3. The highest BCUT2D eigenvalue weighted by Crippen LogP contribution is 2.28. The number of benzene rings is 1. The highest BCUT2D eigenvalue weighted by Gasteiger charge is 2.50. The maximum atomic E-state index is 12.5. The minimum absolute atomic E-state index is 0.254. The minimum Gasteiger partial charge on any atom is -0.492 e. The second-order valence-electron chi connectivity index (χ2n) is 5.40. The molecule has 0 aliphatic carbocycles. The monoisotopic (exact) mass is 380 g/mol.